The molecule has 0 atom stereocenters. The highest BCUT2D eigenvalue weighted by atomic mass is 32.1. The highest BCUT2D eigenvalue weighted by Gasteiger charge is 2.13. The summed E-state index contributed by atoms with van der Waals surface area (Å²) < 4.78 is 0. The lowest BCUT2D eigenvalue weighted by molar-refractivity contribution is 0.412. The van der Waals surface area contributed by atoms with Gasteiger partial charge in [0.15, 0.2) is 5.96 Å². The molecule has 17 heavy (non-hydrogen) atoms. The minimum atomic E-state index is 0.524. The van der Waals surface area contributed by atoms with Crippen LogP contribution in [0.2, 0.25) is 0 Å². The van der Waals surface area contributed by atoms with Crippen LogP contribution in [0, 0.1) is 6.92 Å². The molecule has 4 nitrogen and oxygen atoms in total. The normalized spacial score (nSPS) is 18.3. The fourth-order valence-electron chi connectivity index (χ4n) is 2.14. The Balaban J connectivity index is 1.80. The Hall–Kier alpha value is -1.10. The van der Waals surface area contributed by atoms with Gasteiger partial charge in [0, 0.05) is 17.1 Å². The van der Waals surface area contributed by atoms with Crippen molar-refractivity contribution < 1.29 is 0 Å². The van der Waals surface area contributed by atoms with Gasteiger partial charge in [-0.05, 0) is 19.8 Å². The predicted octanol–water partition coefficient (Wildman–Crippen LogP) is 2.19. The van der Waals surface area contributed by atoms with Gasteiger partial charge in [0.25, 0.3) is 0 Å². The van der Waals surface area contributed by atoms with Gasteiger partial charge in [0.2, 0.25) is 0 Å². The molecule has 0 unspecified atom stereocenters. The Bertz CT molecular complexity index is 380. The molecule has 2 rings (SSSR count). The molecular weight excluding hydrogens is 232 g/mol. The van der Waals surface area contributed by atoms with Crippen molar-refractivity contribution in [2.75, 3.05) is 0 Å². The molecule has 1 aromatic heterocycles. The van der Waals surface area contributed by atoms with E-state index in [-0.39, 0.29) is 0 Å². The number of hydrogen-bond acceptors (Lipinski definition) is 3. The largest absolute Gasteiger partial charge is 0.370 e. The van der Waals surface area contributed by atoms with E-state index in [0.717, 1.165) is 9.88 Å². The van der Waals surface area contributed by atoms with E-state index in [1.54, 1.807) is 11.3 Å². The minimum Gasteiger partial charge on any atom is -0.370 e. The van der Waals surface area contributed by atoms with Gasteiger partial charge in [0.1, 0.15) is 0 Å². The van der Waals surface area contributed by atoms with Crippen molar-refractivity contribution in [3.05, 3.63) is 16.1 Å². The molecule has 1 saturated carbocycles. The number of aromatic nitrogens is 1. The molecular formula is C12H20N4S. The van der Waals surface area contributed by atoms with Gasteiger partial charge < -0.3 is 11.1 Å². The van der Waals surface area contributed by atoms with Crippen molar-refractivity contribution in [2.24, 2.45) is 10.7 Å². The van der Waals surface area contributed by atoms with Crippen molar-refractivity contribution >= 4 is 17.3 Å². The Kier molecular flexibility index (Phi) is 4.36. The number of aryl methyl sites for hydroxylation is 1. The van der Waals surface area contributed by atoms with E-state index in [9.17, 15) is 0 Å². The number of aliphatic imine (C=N–C) groups is 1. The highest BCUT2D eigenvalue weighted by molar-refractivity contribution is 7.11. The first-order chi connectivity index (χ1) is 8.24. The van der Waals surface area contributed by atoms with Gasteiger partial charge in [0.05, 0.1) is 11.6 Å². The average Bonchev–Trinajstić information content (AvgIpc) is 2.74. The second-order valence-electron chi connectivity index (χ2n) is 4.53. The first kappa shape index (κ1) is 12.4. The third-order valence-electron chi connectivity index (χ3n) is 3.03. The molecule has 0 bridgehead atoms. The topological polar surface area (TPSA) is 63.3 Å². The maximum Gasteiger partial charge on any atom is 0.189 e. The standard InChI is InChI=1S/C12H20N4S/c1-9-14-7-11(17-9)8-15-12(13)16-10-5-3-2-4-6-10/h7,10H,2-6,8H2,1H3,(H3,13,15,16). The van der Waals surface area contributed by atoms with Crippen LogP contribution in [-0.2, 0) is 6.54 Å². The molecule has 1 heterocycles. The fraction of sp³-hybridized carbons (Fsp3) is 0.667. The first-order valence-electron chi connectivity index (χ1n) is 6.22. The summed E-state index contributed by atoms with van der Waals surface area (Å²) in [4.78, 5) is 9.72. The van der Waals surface area contributed by atoms with E-state index in [4.69, 9.17) is 5.73 Å². The Morgan fingerprint density at radius 1 is 1.53 bits per heavy atom. The number of hydrogen-bond donors (Lipinski definition) is 2. The minimum absolute atomic E-state index is 0.524. The van der Waals surface area contributed by atoms with Crippen LogP contribution < -0.4 is 11.1 Å². The van der Waals surface area contributed by atoms with E-state index >= 15 is 0 Å². The van der Waals surface area contributed by atoms with Crippen molar-refractivity contribution in [2.45, 2.75) is 51.6 Å². The summed E-state index contributed by atoms with van der Waals surface area (Å²) in [5.74, 6) is 0.572. The van der Waals surface area contributed by atoms with Crippen LogP contribution in [-0.4, -0.2) is 17.0 Å². The molecule has 1 fully saturated rings. The van der Waals surface area contributed by atoms with Crippen LogP contribution in [0.1, 0.15) is 42.0 Å². The summed E-state index contributed by atoms with van der Waals surface area (Å²) in [7, 11) is 0. The molecule has 0 saturated heterocycles. The Morgan fingerprint density at radius 3 is 2.94 bits per heavy atom. The van der Waals surface area contributed by atoms with Crippen LogP contribution >= 0.6 is 11.3 Å². The van der Waals surface area contributed by atoms with Crippen LogP contribution in [0.25, 0.3) is 0 Å². The van der Waals surface area contributed by atoms with Gasteiger partial charge in [-0.3, -0.25) is 0 Å². The molecule has 0 spiro atoms. The fourth-order valence-corrected chi connectivity index (χ4v) is 2.86. The average molecular weight is 252 g/mol. The van der Waals surface area contributed by atoms with Crippen molar-refractivity contribution in [1.82, 2.24) is 10.3 Å². The lowest BCUT2D eigenvalue weighted by Gasteiger charge is -2.23. The molecule has 5 heteroatoms. The summed E-state index contributed by atoms with van der Waals surface area (Å²) in [5.41, 5.74) is 5.88. The van der Waals surface area contributed by atoms with E-state index in [0.29, 0.717) is 18.5 Å². The van der Waals surface area contributed by atoms with Crippen molar-refractivity contribution in [1.29, 1.82) is 0 Å². The molecule has 1 aliphatic carbocycles. The monoisotopic (exact) mass is 252 g/mol. The molecule has 0 amide bonds. The van der Waals surface area contributed by atoms with Gasteiger partial charge in [-0.15, -0.1) is 11.3 Å². The van der Waals surface area contributed by atoms with E-state index in [2.05, 4.69) is 15.3 Å². The van der Waals surface area contributed by atoms with Crippen LogP contribution in [0.15, 0.2) is 11.2 Å². The van der Waals surface area contributed by atoms with Crippen molar-refractivity contribution in [3.63, 3.8) is 0 Å². The van der Waals surface area contributed by atoms with Gasteiger partial charge in [-0.1, -0.05) is 19.3 Å². The van der Waals surface area contributed by atoms with Gasteiger partial charge in [-0.2, -0.15) is 0 Å². The molecule has 94 valence electrons. The van der Waals surface area contributed by atoms with Crippen molar-refractivity contribution in [3.8, 4) is 0 Å². The number of nitrogens with one attached hydrogen (secondary N) is 1. The van der Waals surface area contributed by atoms with E-state index in [1.165, 1.54) is 32.1 Å². The highest BCUT2D eigenvalue weighted by Crippen LogP contribution is 2.17. The molecule has 0 radical (unpaired) electrons. The SMILES string of the molecule is Cc1ncc(CN=C(N)NC2CCCCC2)s1. The zero-order valence-corrected chi connectivity index (χ0v) is 11.1. The Morgan fingerprint density at radius 2 is 2.29 bits per heavy atom. The van der Waals surface area contributed by atoms with Crippen LogP contribution in [0.5, 0.6) is 0 Å². The molecule has 1 aromatic rings. The molecule has 1 aliphatic rings. The third-order valence-corrected chi connectivity index (χ3v) is 3.93. The third kappa shape index (κ3) is 4.00. The number of thiazole rings is 1. The summed E-state index contributed by atoms with van der Waals surface area (Å²) in [6, 6.07) is 0.524. The lowest BCUT2D eigenvalue weighted by atomic mass is 9.96. The lowest BCUT2D eigenvalue weighted by Crippen LogP contribution is -2.41. The molecule has 0 aliphatic heterocycles. The first-order valence-corrected chi connectivity index (χ1v) is 7.03. The summed E-state index contributed by atoms with van der Waals surface area (Å²) in [6.45, 7) is 2.64. The zero-order valence-electron chi connectivity index (χ0n) is 10.3. The molecule has 0 aromatic carbocycles. The van der Waals surface area contributed by atoms with Crippen LogP contribution in [0.3, 0.4) is 0 Å². The number of nitrogens with two attached hydrogens (primary N) is 1. The summed E-state index contributed by atoms with van der Waals surface area (Å²) in [5, 5.41) is 4.39. The van der Waals surface area contributed by atoms with Crippen LogP contribution in [0.4, 0.5) is 0 Å². The summed E-state index contributed by atoms with van der Waals surface area (Å²) >= 11 is 1.67. The maximum absolute atomic E-state index is 5.88. The molecule has 3 N–H and O–H groups in total. The smallest absolute Gasteiger partial charge is 0.189 e. The number of guanidine groups is 1. The number of rotatable bonds is 3. The van der Waals surface area contributed by atoms with Gasteiger partial charge >= 0.3 is 0 Å². The quantitative estimate of drug-likeness (QED) is 0.640. The van der Waals surface area contributed by atoms with E-state index in [1.807, 2.05) is 13.1 Å². The second kappa shape index (κ2) is 6.00. The predicted molar refractivity (Wildman–Crippen MR) is 72.2 cm³/mol. The van der Waals surface area contributed by atoms with Gasteiger partial charge in [-0.25, -0.2) is 9.98 Å². The number of nitrogens with zero attached hydrogens (tertiary/aromatic N) is 2. The Labute approximate surface area is 106 Å². The maximum atomic E-state index is 5.88. The zero-order chi connectivity index (χ0) is 12.1. The second-order valence-corrected chi connectivity index (χ2v) is 5.85. The summed E-state index contributed by atoms with van der Waals surface area (Å²) in [6.07, 6.45) is 8.27. The van der Waals surface area contributed by atoms with E-state index < -0.39 is 0 Å².